The molecule has 0 unspecified atom stereocenters. The van der Waals surface area contributed by atoms with Gasteiger partial charge in [-0.2, -0.15) is 0 Å². The Morgan fingerprint density at radius 3 is 2.58 bits per heavy atom. The molecule has 0 aromatic carbocycles. The zero-order valence-electron chi connectivity index (χ0n) is 11.8. The predicted molar refractivity (Wildman–Crippen MR) is 72.9 cm³/mol. The van der Waals surface area contributed by atoms with Gasteiger partial charge in [0.2, 0.25) is 0 Å². The van der Waals surface area contributed by atoms with Gasteiger partial charge in [-0.3, -0.25) is 4.79 Å². The van der Waals surface area contributed by atoms with Crippen molar-refractivity contribution in [3.8, 4) is 12.3 Å². The lowest BCUT2D eigenvalue weighted by atomic mass is 9.91. The van der Waals surface area contributed by atoms with Crippen LogP contribution >= 0.6 is 0 Å². The van der Waals surface area contributed by atoms with Crippen LogP contribution < -0.4 is 0 Å². The first-order valence-corrected chi connectivity index (χ1v) is 6.05. The summed E-state index contributed by atoms with van der Waals surface area (Å²) in [6.07, 6.45) is 7.41. The van der Waals surface area contributed by atoms with Crippen molar-refractivity contribution < 1.29 is 14.3 Å². The maximum Gasteiger partial charge on any atom is 0.354 e. The monoisotopic (exact) mass is 261 g/mol. The van der Waals surface area contributed by atoms with Crippen molar-refractivity contribution in [1.82, 2.24) is 4.57 Å². The number of rotatable bonds is 5. The molecule has 0 aliphatic carbocycles. The number of ether oxygens (including phenoxy) is 1. The third-order valence-electron chi connectivity index (χ3n) is 2.80. The minimum atomic E-state index is -0.444. The summed E-state index contributed by atoms with van der Waals surface area (Å²) >= 11 is 0. The van der Waals surface area contributed by atoms with E-state index in [0.717, 1.165) is 0 Å². The zero-order valence-corrected chi connectivity index (χ0v) is 11.8. The molecule has 0 aliphatic rings. The number of esters is 1. The summed E-state index contributed by atoms with van der Waals surface area (Å²) in [6, 6.07) is 1.54. The molecule has 0 spiro atoms. The average Bonchev–Trinajstić information content (AvgIpc) is 2.68. The quantitative estimate of drug-likeness (QED) is 0.464. The molecule has 0 bridgehead atoms. The van der Waals surface area contributed by atoms with Gasteiger partial charge in [0.1, 0.15) is 5.69 Å². The second kappa shape index (κ2) is 5.75. The summed E-state index contributed by atoms with van der Waals surface area (Å²) in [4.78, 5) is 23.2. The molecule has 0 aliphatic heterocycles. The molecular weight excluding hydrogens is 242 g/mol. The Balaban J connectivity index is 2.74. The molecule has 0 saturated carbocycles. The fourth-order valence-corrected chi connectivity index (χ4v) is 1.62. The van der Waals surface area contributed by atoms with Crippen molar-refractivity contribution in [2.75, 3.05) is 6.61 Å². The molecule has 1 aromatic rings. The molecule has 4 nitrogen and oxygen atoms in total. The van der Waals surface area contributed by atoms with Crippen LogP contribution in [0.25, 0.3) is 0 Å². The van der Waals surface area contributed by atoms with Crippen LogP contribution in [0.1, 0.15) is 48.0 Å². The Morgan fingerprint density at radius 1 is 1.47 bits per heavy atom. The Kier molecular flexibility index (Phi) is 4.55. The van der Waals surface area contributed by atoms with Crippen LogP contribution in [0.15, 0.2) is 12.3 Å². The van der Waals surface area contributed by atoms with Gasteiger partial charge in [0.15, 0.2) is 5.78 Å². The summed E-state index contributed by atoms with van der Waals surface area (Å²) in [5.74, 6) is 2.04. The Hall–Kier alpha value is -2.02. The summed E-state index contributed by atoms with van der Waals surface area (Å²) in [5, 5.41) is 0. The lowest BCUT2D eigenvalue weighted by Gasteiger charge is -2.21. The summed E-state index contributed by atoms with van der Waals surface area (Å²) in [5.41, 5.74) is 0.609. The topological polar surface area (TPSA) is 48.3 Å². The highest BCUT2D eigenvalue weighted by Gasteiger charge is 2.21. The largest absolute Gasteiger partial charge is 0.460 e. The van der Waals surface area contributed by atoms with Gasteiger partial charge in [0.25, 0.3) is 0 Å². The van der Waals surface area contributed by atoms with Crippen molar-refractivity contribution in [3.05, 3.63) is 23.5 Å². The Bertz CT molecular complexity index is 532. The Morgan fingerprint density at radius 2 is 2.11 bits per heavy atom. The van der Waals surface area contributed by atoms with Gasteiger partial charge in [-0.1, -0.05) is 13.8 Å². The molecule has 1 heterocycles. The number of terminal acetylenes is 1. The molecule has 0 fully saturated rings. The molecule has 0 radical (unpaired) electrons. The van der Waals surface area contributed by atoms with E-state index in [1.54, 1.807) is 23.9 Å². The zero-order chi connectivity index (χ0) is 14.6. The van der Waals surface area contributed by atoms with Crippen molar-refractivity contribution in [2.24, 2.45) is 12.5 Å². The number of ketones is 1. The molecule has 0 amide bonds. The fourth-order valence-electron chi connectivity index (χ4n) is 1.62. The standard InChI is InChI=1S/C15H19NO3/c1-6-7-15(3,4)10-19-14(18)13-8-12(11(2)17)9-16(13)5/h1,8-9H,7,10H2,2-5H3. The Labute approximate surface area is 113 Å². The maximum atomic E-state index is 11.9. The number of Topliss-reactive ketones (excluding diaryl/α,β-unsaturated/α-hetero) is 1. The van der Waals surface area contributed by atoms with Crippen LogP contribution in [-0.2, 0) is 11.8 Å². The molecule has 4 heteroatoms. The molecule has 1 rings (SSSR count). The second-order valence-corrected chi connectivity index (χ2v) is 5.40. The number of carbonyl (C=O) groups excluding carboxylic acids is 2. The van der Waals surface area contributed by atoms with Crippen LogP contribution in [0.4, 0.5) is 0 Å². The maximum absolute atomic E-state index is 11.9. The van der Waals surface area contributed by atoms with E-state index in [1.165, 1.54) is 6.92 Å². The average molecular weight is 261 g/mol. The van der Waals surface area contributed by atoms with E-state index in [4.69, 9.17) is 11.2 Å². The number of hydrogen-bond donors (Lipinski definition) is 0. The van der Waals surface area contributed by atoms with Crippen molar-refractivity contribution in [1.29, 1.82) is 0 Å². The number of hydrogen-bond acceptors (Lipinski definition) is 3. The second-order valence-electron chi connectivity index (χ2n) is 5.40. The first-order chi connectivity index (χ1) is 8.76. The van der Waals surface area contributed by atoms with Gasteiger partial charge in [-0.05, 0) is 13.0 Å². The number of aryl methyl sites for hydroxylation is 1. The first-order valence-electron chi connectivity index (χ1n) is 6.05. The van der Waals surface area contributed by atoms with Crippen LogP contribution in [-0.4, -0.2) is 22.9 Å². The molecule has 19 heavy (non-hydrogen) atoms. The predicted octanol–water partition coefficient (Wildman–Crippen LogP) is 2.43. The molecule has 0 saturated heterocycles. The molecule has 102 valence electrons. The summed E-state index contributed by atoms with van der Waals surface area (Å²) in [6.45, 7) is 5.58. The number of nitrogens with zero attached hydrogens (tertiary/aromatic N) is 1. The third kappa shape index (κ3) is 3.99. The van der Waals surface area contributed by atoms with Crippen LogP contribution in [0.5, 0.6) is 0 Å². The lowest BCUT2D eigenvalue weighted by Crippen LogP contribution is -2.22. The minimum absolute atomic E-state index is 0.0812. The van der Waals surface area contributed by atoms with E-state index in [0.29, 0.717) is 17.7 Å². The molecule has 0 atom stereocenters. The smallest absolute Gasteiger partial charge is 0.354 e. The van der Waals surface area contributed by atoms with Crippen LogP contribution in [0.3, 0.4) is 0 Å². The van der Waals surface area contributed by atoms with Crippen LogP contribution in [0, 0.1) is 17.8 Å². The lowest BCUT2D eigenvalue weighted by molar-refractivity contribution is 0.0338. The van der Waals surface area contributed by atoms with Crippen molar-refractivity contribution in [3.63, 3.8) is 0 Å². The highest BCUT2D eigenvalue weighted by Crippen LogP contribution is 2.20. The highest BCUT2D eigenvalue weighted by atomic mass is 16.5. The van der Waals surface area contributed by atoms with Gasteiger partial charge < -0.3 is 9.30 Å². The van der Waals surface area contributed by atoms with E-state index >= 15 is 0 Å². The highest BCUT2D eigenvalue weighted by molar-refractivity contribution is 5.97. The van der Waals surface area contributed by atoms with E-state index in [9.17, 15) is 9.59 Å². The third-order valence-corrected chi connectivity index (χ3v) is 2.80. The van der Waals surface area contributed by atoms with Crippen molar-refractivity contribution >= 4 is 11.8 Å². The van der Waals surface area contributed by atoms with Gasteiger partial charge in [0, 0.05) is 30.6 Å². The summed E-state index contributed by atoms with van der Waals surface area (Å²) in [7, 11) is 1.70. The van der Waals surface area contributed by atoms with E-state index < -0.39 is 5.97 Å². The van der Waals surface area contributed by atoms with Gasteiger partial charge in [-0.15, -0.1) is 12.3 Å². The van der Waals surface area contributed by atoms with E-state index in [-0.39, 0.29) is 17.8 Å². The van der Waals surface area contributed by atoms with Gasteiger partial charge >= 0.3 is 5.97 Å². The molecule has 1 aromatic heterocycles. The fraction of sp³-hybridized carbons (Fsp3) is 0.467. The SMILES string of the molecule is C#CCC(C)(C)COC(=O)c1cc(C(C)=O)cn1C. The summed E-state index contributed by atoms with van der Waals surface area (Å²) < 4.78 is 6.84. The van der Waals surface area contributed by atoms with Gasteiger partial charge in [0.05, 0.1) is 6.61 Å². The minimum Gasteiger partial charge on any atom is -0.460 e. The molecular formula is C15H19NO3. The number of carbonyl (C=O) groups is 2. The first kappa shape index (κ1) is 15.0. The molecule has 0 N–H and O–H groups in total. The normalized spacial score (nSPS) is 10.9. The van der Waals surface area contributed by atoms with Crippen molar-refractivity contribution in [2.45, 2.75) is 27.2 Å². The van der Waals surface area contributed by atoms with E-state index in [2.05, 4.69) is 5.92 Å². The van der Waals surface area contributed by atoms with Crippen LogP contribution in [0.2, 0.25) is 0 Å². The van der Waals surface area contributed by atoms with Gasteiger partial charge in [-0.25, -0.2) is 4.79 Å². The number of aromatic nitrogens is 1. The van der Waals surface area contributed by atoms with E-state index in [1.807, 2.05) is 13.8 Å².